The first-order valence-electron chi connectivity index (χ1n) is 9.06. The number of carbonyl (C=O) groups excluding carboxylic acids is 2. The van der Waals surface area contributed by atoms with Crippen LogP contribution in [0.25, 0.3) is 16.2 Å². The summed E-state index contributed by atoms with van der Waals surface area (Å²) in [5.41, 5.74) is 1.79. The van der Waals surface area contributed by atoms with E-state index in [2.05, 4.69) is 31.5 Å². The average molecular weight is 487 g/mol. The van der Waals surface area contributed by atoms with Gasteiger partial charge in [-0.05, 0) is 48.5 Å². The Morgan fingerprint density at radius 3 is 2.57 bits per heavy atom. The van der Waals surface area contributed by atoms with Crippen molar-refractivity contribution >= 4 is 49.9 Å². The number of nitrogens with zero attached hydrogens (tertiary/aromatic N) is 2. The molecule has 2 N–H and O–H groups in total. The number of hydrogen-bond acceptors (Lipinski definition) is 4. The molecule has 0 saturated heterocycles. The monoisotopic (exact) mass is 486 g/mol. The predicted octanol–water partition coefficient (Wildman–Crippen LogP) is 4.72. The standard InChI is InChI=1S/C21H16BrFN4O2S/c22-15-5-1-14(2-6-15)20(29)24-10-9-17(28)25-19-18(13-3-7-16(23)8-4-13)26-21-27(19)11-12-30-21/h1-8,11-12H,9-10H2,(H,24,29)(H,25,28). The summed E-state index contributed by atoms with van der Waals surface area (Å²) in [5, 5.41) is 7.47. The number of carbonyl (C=O) groups is 2. The molecule has 30 heavy (non-hydrogen) atoms. The molecule has 4 aromatic rings. The van der Waals surface area contributed by atoms with Crippen LogP contribution in [0.4, 0.5) is 10.2 Å². The van der Waals surface area contributed by atoms with Gasteiger partial charge < -0.3 is 10.6 Å². The van der Waals surface area contributed by atoms with Gasteiger partial charge in [-0.1, -0.05) is 15.9 Å². The number of thiazole rings is 1. The van der Waals surface area contributed by atoms with Gasteiger partial charge in [-0.25, -0.2) is 9.37 Å². The van der Waals surface area contributed by atoms with Crippen LogP contribution < -0.4 is 10.6 Å². The van der Waals surface area contributed by atoms with Gasteiger partial charge >= 0.3 is 0 Å². The molecule has 0 unspecified atom stereocenters. The van der Waals surface area contributed by atoms with Crippen molar-refractivity contribution < 1.29 is 14.0 Å². The summed E-state index contributed by atoms with van der Waals surface area (Å²) in [7, 11) is 0. The van der Waals surface area contributed by atoms with Crippen LogP contribution in [0.15, 0.2) is 64.6 Å². The van der Waals surface area contributed by atoms with Crippen molar-refractivity contribution in [1.29, 1.82) is 0 Å². The van der Waals surface area contributed by atoms with E-state index in [0.29, 0.717) is 27.6 Å². The highest BCUT2D eigenvalue weighted by Gasteiger charge is 2.17. The van der Waals surface area contributed by atoms with E-state index in [0.717, 1.165) is 4.47 Å². The van der Waals surface area contributed by atoms with E-state index in [1.807, 2.05) is 11.6 Å². The van der Waals surface area contributed by atoms with E-state index in [9.17, 15) is 14.0 Å². The number of fused-ring (bicyclic) bond motifs is 1. The summed E-state index contributed by atoms with van der Waals surface area (Å²) < 4.78 is 15.9. The molecule has 0 saturated carbocycles. The van der Waals surface area contributed by atoms with Crippen LogP contribution in [0.3, 0.4) is 0 Å². The topological polar surface area (TPSA) is 75.5 Å². The van der Waals surface area contributed by atoms with Crippen molar-refractivity contribution in [2.24, 2.45) is 0 Å². The van der Waals surface area contributed by atoms with Gasteiger partial charge in [0.05, 0.1) is 0 Å². The lowest BCUT2D eigenvalue weighted by Gasteiger charge is -2.08. The number of hydrogen-bond donors (Lipinski definition) is 2. The number of nitrogens with one attached hydrogen (secondary N) is 2. The van der Waals surface area contributed by atoms with Crippen molar-refractivity contribution in [1.82, 2.24) is 14.7 Å². The van der Waals surface area contributed by atoms with E-state index < -0.39 is 0 Å². The zero-order valence-electron chi connectivity index (χ0n) is 15.6. The predicted molar refractivity (Wildman–Crippen MR) is 118 cm³/mol. The van der Waals surface area contributed by atoms with Crippen LogP contribution in [-0.4, -0.2) is 27.7 Å². The highest BCUT2D eigenvalue weighted by Crippen LogP contribution is 2.30. The number of anilines is 1. The first-order chi connectivity index (χ1) is 14.5. The highest BCUT2D eigenvalue weighted by molar-refractivity contribution is 9.10. The minimum absolute atomic E-state index is 0.0997. The largest absolute Gasteiger partial charge is 0.352 e. The average Bonchev–Trinajstić information content (AvgIpc) is 3.32. The zero-order valence-corrected chi connectivity index (χ0v) is 18.0. The second-order valence-electron chi connectivity index (χ2n) is 6.43. The van der Waals surface area contributed by atoms with Gasteiger partial charge in [0.25, 0.3) is 5.91 Å². The number of rotatable bonds is 6. The van der Waals surface area contributed by atoms with Gasteiger partial charge in [0.2, 0.25) is 5.91 Å². The molecule has 0 bridgehead atoms. The van der Waals surface area contributed by atoms with Crippen LogP contribution in [0.5, 0.6) is 0 Å². The highest BCUT2D eigenvalue weighted by atomic mass is 79.9. The normalized spacial score (nSPS) is 10.9. The molecule has 2 aromatic heterocycles. The van der Waals surface area contributed by atoms with Crippen molar-refractivity contribution in [3.63, 3.8) is 0 Å². The van der Waals surface area contributed by atoms with Crippen LogP contribution in [0.1, 0.15) is 16.8 Å². The molecule has 2 aromatic carbocycles. The first kappa shape index (κ1) is 20.2. The quantitative estimate of drug-likeness (QED) is 0.413. The Balaban J connectivity index is 1.43. The minimum atomic E-state index is -0.341. The Morgan fingerprint density at radius 2 is 1.83 bits per heavy atom. The van der Waals surface area contributed by atoms with E-state index >= 15 is 0 Å². The molecule has 4 rings (SSSR count). The summed E-state index contributed by atoms with van der Waals surface area (Å²) >= 11 is 4.76. The van der Waals surface area contributed by atoms with Crippen LogP contribution in [-0.2, 0) is 4.79 Å². The van der Waals surface area contributed by atoms with Gasteiger partial charge in [0.15, 0.2) is 4.96 Å². The Labute approximate surface area is 183 Å². The molecule has 2 heterocycles. The number of amides is 2. The van der Waals surface area contributed by atoms with E-state index in [1.165, 1.54) is 23.5 Å². The lowest BCUT2D eigenvalue weighted by atomic mass is 10.1. The fraction of sp³-hybridized carbons (Fsp3) is 0.0952. The summed E-state index contributed by atoms with van der Waals surface area (Å²) in [6.45, 7) is 0.193. The number of imidazole rings is 1. The van der Waals surface area contributed by atoms with Gasteiger partial charge in [0.1, 0.15) is 17.3 Å². The number of aromatic nitrogens is 2. The lowest BCUT2D eigenvalue weighted by Crippen LogP contribution is -2.27. The fourth-order valence-corrected chi connectivity index (χ4v) is 3.88. The van der Waals surface area contributed by atoms with Crippen LogP contribution in [0.2, 0.25) is 0 Å². The number of halogens is 2. The molecule has 0 spiro atoms. The van der Waals surface area contributed by atoms with Crippen LogP contribution >= 0.6 is 27.3 Å². The smallest absolute Gasteiger partial charge is 0.251 e. The second-order valence-corrected chi connectivity index (χ2v) is 8.22. The van der Waals surface area contributed by atoms with Gasteiger partial charge in [-0.3, -0.25) is 14.0 Å². The molecule has 2 amide bonds. The maximum atomic E-state index is 13.3. The molecule has 0 aliphatic carbocycles. The molecular formula is C21H16BrFN4O2S. The molecule has 0 atom stereocenters. The van der Waals surface area contributed by atoms with E-state index in [4.69, 9.17) is 0 Å². The second kappa shape index (κ2) is 8.76. The summed E-state index contributed by atoms with van der Waals surface area (Å²) in [6.07, 6.45) is 1.91. The summed E-state index contributed by atoms with van der Waals surface area (Å²) in [6, 6.07) is 12.9. The third-order valence-electron chi connectivity index (χ3n) is 4.38. The molecule has 0 aliphatic rings. The molecular weight excluding hydrogens is 471 g/mol. The molecule has 9 heteroatoms. The maximum Gasteiger partial charge on any atom is 0.251 e. The maximum absolute atomic E-state index is 13.3. The van der Waals surface area contributed by atoms with Crippen molar-refractivity contribution in [2.45, 2.75) is 6.42 Å². The van der Waals surface area contributed by atoms with Crippen molar-refractivity contribution in [3.05, 3.63) is 76.0 Å². The Hall–Kier alpha value is -3.04. The van der Waals surface area contributed by atoms with Gasteiger partial charge in [-0.2, -0.15) is 0 Å². The van der Waals surface area contributed by atoms with Crippen molar-refractivity contribution in [3.8, 4) is 11.3 Å². The third-order valence-corrected chi connectivity index (χ3v) is 5.67. The van der Waals surface area contributed by atoms with Crippen LogP contribution in [0, 0.1) is 5.82 Å². The lowest BCUT2D eigenvalue weighted by molar-refractivity contribution is -0.116. The molecule has 0 fully saturated rings. The van der Waals surface area contributed by atoms with E-state index in [1.54, 1.807) is 40.8 Å². The van der Waals surface area contributed by atoms with E-state index in [-0.39, 0.29) is 30.6 Å². The Morgan fingerprint density at radius 1 is 1.10 bits per heavy atom. The number of benzene rings is 2. The zero-order chi connectivity index (χ0) is 21.1. The molecule has 0 radical (unpaired) electrons. The fourth-order valence-electron chi connectivity index (χ4n) is 2.90. The Kier molecular flexibility index (Phi) is 5.91. The molecule has 6 nitrogen and oxygen atoms in total. The Bertz CT molecular complexity index is 1200. The SMILES string of the molecule is O=C(CCNC(=O)c1ccc(Br)cc1)Nc1c(-c2ccc(F)cc2)nc2sccn12. The van der Waals surface area contributed by atoms with Crippen molar-refractivity contribution in [2.75, 3.05) is 11.9 Å². The molecule has 0 aliphatic heterocycles. The van der Waals surface area contributed by atoms with Gasteiger partial charge in [-0.15, -0.1) is 11.3 Å². The first-order valence-corrected chi connectivity index (χ1v) is 10.7. The summed E-state index contributed by atoms with van der Waals surface area (Å²) in [5.74, 6) is -0.330. The van der Waals surface area contributed by atoms with Gasteiger partial charge in [0, 0.05) is 40.1 Å². The summed E-state index contributed by atoms with van der Waals surface area (Å²) in [4.78, 5) is 29.9. The molecule has 152 valence electrons. The third kappa shape index (κ3) is 4.42. The minimum Gasteiger partial charge on any atom is -0.352 e.